The van der Waals surface area contributed by atoms with Gasteiger partial charge in [0, 0.05) is 18.8 Å². The average Bonchev–Trinajstić information content (AvgIpc) is 3.40. The number of amides is 2. The largest absolute Gasteiger partial charge is 0.497 e. The summed E-state index contributed by atoms with van der Waals surface area (Å²) >= 11 is 0. The lowest BCUT2D eigenvalue weighted by Gasteiger charge is -2.16. The van der Waals surface area contributed by atoms with Gasteiger partial charge in [0.15, 0.2) is 5.65 Å². The minimum atomic E-state index is -0.748. The van der Waals surface area contributed by atoms with Crippen LogP contribution in [0.1, 0.15) is 41.4 Å². The predicted octanol–water partition coefficient (Wildman–Crippen LogP) is 3.02. The molecule has 37 heavy (non-hydrogen) atoms. The van der Waals surface area contributed by atoms with Gasteiger partial charge in [0.1, 0.15) is 11.4 Å². The monoisotopic (exact) mass is 500 g/mol. The summed E-state index contributed by atoms with van der Waals surface area (Å²) in [6.07, 6.45) is 1.32. The first-order valence-corrected chi connectivity index (χ1v) is 11.0. The van der Waals surface area contributed by atoms with Crippen molar-refractivity contribution in [3.05, 3.63) is 70.9 Å². The summed E-state index contributed by atoms with van der Waals surface area (Å²) < 4.78 is 16.3. The number of rotatable bonds is 5. The number of esters is 2. The Labute approximate surface area is 210 Å². The zero-order chi connectivity index (χ0) is 26.4. The molecule has 0 spiro atoms. The topological polar surface area (TPSA) is 130 Å². The fourth-order valence-electron chi connectivity index (χ4n) is 4.32. The molecule has 0 aliphatic carbocycles. The van der Waals surface area contributed by atoms with Crippen LogP contribution >= 0.6 is 0 Å². The number of methoxy groups -OCH3 is 3. The number of carbonyl (C=O) groups is 4. The van der Waals surface area contributed by atoms with Gasteiger partial charge in [-0.1, -0.05) is 0 Å². The molecule has 1 aliphatic heterocycles. The van der Waals surface area contributed by atoms with Crippen LogP contribution in [0.2, 0.25) is 0 Å². The highest BCUT2D eigenvalue weighted by Crippen LogP contribution is 2.38. The molecule has 11 nitrogen and oxygen atoms in total. The molecule has 2 aromatic heterocycles. The van der Waals surface area contributed by atoms with Crippen LogP contribution in [0.15, 0.2) is 48.7 Å². The molecule has 0 radical (unpaired) electrons. The molecule has 0 fully saturated rings. The van der Waals surface area contributed by atoms with Crippen LogP contribution in [-0.4, -0.2) is 59.8 Å². The Hall–Kier alpha value is -5.06. The van der Waals surface area contributed by atoms with Gasteiger partial charge >= 0.3 is 11.9 Å². The number of hydrogen-bond acceptors (Lipinski definition) is 9. The lowest BCUT2D eigenvalue weighted by atomic mass is 10.0. The third-order valence-corrected chi connectivity index (χ3v) is 6.08. The fraction of sp³-hybridized carbons (Fsp3) is 0.154. The van der Waals surface area contributed by atoms with E-state index in [1.807, 2.05) is 0 Å². The molecule has 186 valence electrons. The predicted molar refractivity (Wildman–Crippen MR) is 131 cm³/mol. The van der Waals surface area contributed by atoms with Crippen molar-refractivity contribution in [1.82, 2.24) is 14.8 Å². The Morgan fingerprint density at radius 1 is 0.865 bits per heavy atom. The lowest BCUT2D eigenvalue weighted by Crippen LogP contribution is -2.30. The van der Waals surface area contributed by atoms with E-state index in [1.54, 1.807) is 38.4 Å². The molecule has 0 saturated heterocycles. The second-order valence-corrected chi connectivity index (χ2v) is 8.14. The van der Waals surface area contributed by atoms with E-state index < -0.39 is 23.8 Å². The summed E-state index contributed by atoms with van der Waals surface area (Å²) in [5.41, 5.74) is 1.72. The summed E-state index contributed by atoms with van der Waals surface area (Å²) in [5, 5.41) is 4.96. The van der Waals surface area contributed by atoms with Gasteiger partial charge in [-0.2, -0.15) is 5.10 Å². The van der Waals surface area contributed by atoms with E-state index in [9.17, 15) is 19.2 Å². The van der Waals surface area contributed by atoms with E-state index >= 15 is 0 Å². The van der Waals surface area contributed by atoms with E-state index in [-0.39, 0.29) is 27.9 Å². The Morgan fingerprint density at radius 3 is 2.05 bits per heavy atom. The number of hydrogen-bond donors (Lipinski definition) is 0. The van der Waals surface area contributed by atoms with Crippen molar-refractivity contribution < 1.29 is 33.4 Å². The zero-order valence-corrected chi connectivity index (χ0v) is 20.3. The van der Waals surface area contributed by atoms with E-state index in [2.05, 4.69) is 10.1 Å². The maximum atomic E-state index is 13.8. The number of aromatic nitrogens is 3. The molecule has 4 aromatic rings. The van der Waals surface area contributed by atoms with Crippen LogP contribution in [0.25, 0.3) is 22.3 Å². The van der Waals surface area contributed by atoms with Crippen LogP contribution in [0.5, 0.6) is 5.75 Å². The molecule has 3 heterocycles. The molecule has 11 heteroatoms. The molecule has 0 unspecified atom stereocenters. The molecule has 2 amide bonds. The van der Waals surface area contributed by atoms with Crippen LogP contribution in [-0.2, 0) is 16.5 Å². The van der Waals surface area contributed by atoms with Crippen molar-refractivity contribution in [2.75, 3.05) is 26.2 Å². The van der Waals surface area contributed by atoms with Crippen molar-refractivity contribution in [2.24, 2.45) is 7.05 Å². The Bertz CT molecular complexity index is 1590. The van der Waals surface area contributed by atoms with E-state index in [0.29, 0.717) is 28.0 Å². The number of benzene rings is 2. The minimum Gasteiger partial charge on any atom is -0.497 e. The molecule has 1 aliphatic rings. The standard InChI is InChI=1S/C26H20N4O7/c1-29-22-20(21(28-29)13-5-7-17(35-2)8-6-13)19-18(12-27-22)23(31)30(24(19)32)16-10-14(25(33)36-3)9-15(11-16)26(34)37-4/h5-12H,1-4H3. The Kier molecular flexibility index (Phi) is 5.67. The molecular weight excluding hydrogens is 480 g/mol. The highest BCUT2D eigenvalue weighted by Gasteiger charge is 2.41. The van der Waals surface area contributed by atoms with Gasteiger partial charge in [0.05, 0.1) is 54.7 Å². The third-order valence-electron chi connectivity index (χ3n) is 6.08. The van der Waals surface area contributed by atoms with Gasteiger partial charge in [0.2, 0.25) is 0 Å². The number of carbonyl (C=O) groups excluding carboxylic acids is 4. The second-order valence-electron chi connectivity index (χ2n) is 8.14. The summed E-state index contributed by atoms with van der Waals surface area (Å²) in [5.74, 6) is -2.15. The molecule has 5 rings (SSSR count). The third kappa shape index (κ3) is 3.68. The summed E-state index contributed by atoms with van der Waals surface area (Å²) in [4.78, 5) is 57.1. The van der Waals surface area contributed by atoms with Crippen molar-refractivity contribution in [3.8, 4) is 17.0 Å². The van der Waals surface area contributed by atoms with Gasteiger partial charge in [0.25, 0.3) is 11.8 Å². The minimum absolute atomic E-state index is 0.0116. The quantitative estimate of drug-likeness (QED) is 0.300. The highest BCUT2D eigenvalue weighted by atomic mass is 16.5. The van der Waals surface area contributed by atoms with Crippen LogP contribution in [0.4, 0.5) is 5.69 Å². The molecule has 0 atom stereocenters. The summed E-state index contributed by atoms with van der Waals surface area (Å²) in [7, 11) is 5.61. The molecule has 0 N–H and O–H groups in total. The van der Waals surface area contributed by atoms with Crippen molar-refractivity contribution >= 4 is 40.5 Å². The fourth-order valence-corrected chi connectivity index (χ4v) is 4.32. The number of fused-ring (bicyclic) bond motifs is 3. The van der Waals surface area contributed by atoms with E-state index in [0.717, 1.165) is 4.90 Å². The molecule has 0 saturated carbocycles. The maximum Gasteiger partial charge on any atom is 0.337 e. The first kappa shape index (κ1) is 23.7. The zero-order valence-electron chi connectivity index (χ0n) is 20.3. The maximum absolute atomic E-state index is 13.8. The number of anilines is 1. The van der Waals surface area contributed by atoms with Crippen molar-refractivity contribution in [2.45, 2.75) is 0 Å². The first-order chi connectivity index (χ1) is 17.8. The smallest absolute Gasteiger partial charge is 0.337 e. The number of ether oxygens (including phenoxy) is 3. The normalized spacial score (nSPS) is 12.6. The Balaban J connectivity index is 1.70. The molecular formula is C26H20N4O7. The van der Waals surface area contributed by atoms with Crippen LogP contribution in [0, 0.1) is 0 Å². The lowest BCUT2D eigenvalue weighted by molar-refractivity contribution is 0.0597. The number of pyridine rings is 1. The van der Waals surface area contributed by atoms with Gasteiger partial charge < -0.3 is 14.2 Å². The second kappa shape index (κ2) is 8.86. The van der Waals surface area contributed by atoms with Gasteiger partial charge in [-0.15, -0.1) is 0 Å². The summed E-state index contributed by atoms with van der Waals surface area (Å²) in [6, 6.07) is 11.0. The van der Waals surface area contributed by atoms with Gasteiger partial charge in [-0.3, -0.25) is 9.59 Å². The number of imide groups is 1. The van der Waals surface area contributed by atoms with E-state index in [4.69, 9.17) is 14.2 Å². The first-order valence-electron chi connectivity index (χ1n) is 11.0. The van der Waals surface area contributed by atoms with Gasteiger partial charge in [-0.25, -0.2) is 24.2 Å². The molecule has 0 bridgehead atoms. The number of nitrogens with zero attached hydrogens (tertiary/aromatic N) is 4. The van der Waals surface area contributed by atoms with Crippen molar-refractivity contribution in [3.63, 3.8) is 0 Å². The van der Waals surface area contributed by atoms with Gasteiger partial charge in [-0.05, 0) is 42.5 Å². The van der Waals surface area contributed by atoms with Crippen LogP contribution < -0.4 is 9.64 Å². The summed E-state index contributed by atoms with van der Waals surface area (Å²) in [6.45, 7) is 0. The Morgan fingerprint density at radius 2 is 1.49 bits per heavy atom. The molecule has 2 aromatic carbocycles. The SMILES string of the molecule is COC(=O)c1cc(C(=O)OC)cc(N2C(=O)c3cnc4c(c(-c5ccc(OC)cc5)nn4C)c3C2=O)c1. The number of aryl methyl sites for hydroxylation is 1. The van der Waals surface area contributed by atoms with Crippen LogP contribution in [0.3, 0.4) is 0 Å². The average molecular weight is 500 g/mol. The highest BCUT2D eigenvalue weighted by molar-refractivity contribution is 6.38. The van der Waals surface area contributed by atoms with E-state index in [1.165, 1.54) is 43.3 Å². The van der Waals surface area contributed by atoms with Crippen molar-refractivity contribution in [1.29, 1.82) is 0 Å².